The molecule has 0 unspecified atom stereocenters. The molecule has 2 fully saturated rings. The topological polar surface area (TPSA) is 90.6 Å². The number of fused-ring (bicyclic) bond motifs is 2. The van der Waals surface area contributed by atoms with Gasteiger partial charge >= 0.3 is 0 Å². The highest BCUT2D eigenvalue weighted by Gasteiger charge is 2.48. The van der Waals surface area contributed by atoms with E-state index >= 15 is 0 Å². The van der Waals surface area contributed by atoms with Gasteiger partial charge in [0.1, 0.15) is 22.7 Å². The van der Waals surface area contributed by atoms with Crippen LogP contribution in [0.3, 0.4) is 0 Å². The van der Waals surface area contributed by atoms with Crippen molar-refractivity contribution in [2.75, 3.05) is 20.7 Å². The SMILES string of the molecule is CO[C@@H]1C[C@@H]([C@H](C)Oc2cc(Cl)nc(-c3onc4c3CCC[C@@]43CCCCC3=O)n2)N(C)C1. The Kier molecular flexibility index (Phi) is 6.18. The molecule has 9 heteroatoms. The Balaban J connectivity index is 1.43. The molecule has 0 bridgehead atoms. The molecular formula is C24H31ClN4O4. The molecule has 8 nitrogen and oxygen atoms in total. The summed E-state index contributed by atoms with van der Waals surface area (Å²) in [5.74, 6) is 1.54. The molecule has 0 aromatic carbocycles. The number of aromatic nitrogens is 3. The van der Waals surface area contributed by atoms with E-state index in [1.165, 1.54) is 0 Å². The standard InChI is InChI=1S/C24H31ClN4O4/c1-14(17-11-15(31-3)13-29(17)2)32-20-12-19(25)26-23(27-20)21-16-7-6-10-24(22(16)28-33-21)9-5-4-8-18(24)30/h12,14-15,17H,4-11,13H2,1-3H3/t14-,15+,17-,24+/m0/s1. The number of hydrogen-bond acceptors (Lipinski definition) is 8. The normalized spacial score (nSPS) is 28.8. The first-order chi connectivity index (χ1) is 15.9. The van der Waals surface area contributed by atoms with E-state index in [1.54, 1.807) is 13.2 Å². The van der Waals surface area contributed by atoms with Crippen LogP contribution >= 0.6 is 11.6 Å². The van der Waals surface area contributed by atoms with E-state index in [4.69, 9.17) is 25.6 Å². The fourth-order valence-corrected chi connectivity index (χ4v) is 6.09. The second kappa shape index (κ2) is 8.96. The van der Waals surface area contributed by atoms with Crippen molar-refractivity contribution in [1.82, 2.24) is 20.0 Å². The van der Waals surface area contributed by atoms with Crippen molar-refractivity contribution in [3.63, 3.8) is 0 Å². The molecule has 1 saturated carbocycles. The number of Topliss-reactive ketones (excluding diaryl/α,β-unsaturated/α-hetero) is 1. The van der Waals surface area contributed by atoms with Gasteiger partial charge < -0.3 is 14.0 Å². The maximum Gasteiger partial charge on any atom is 0.218 e. The lowest BCUT2D eigenvalue weighted by Crippen LogP contribution is -2.41. The zero-order valence-electron chi connectivity index (χ0n) is 19.5. The Morgan fingerprint density at radius 2 is 2.06 bits per heavy atom. The van der Waals surface area contributed by atoms with Gasteiger partial charge in [0.15, 0.2) is 0 Å². The number of likely N-dealkylation sites (tertiary alicyclic amines) is 1. The van der Waals surface area contributed by atoms with Gasteiger partial charge in [-0.15, -0.1) is 0 Å². The van der Waals surface area contributed by atoms with Crippen molar-refractivity contribution >= 4 is 17.4 Å². The van der Waals surface area contributed by atoms with Crippen LogP contribution in [0.15, 0.2) is 10.6 Å². The van der Waals surface area contributed by atoms with Crippen LogP contribution in [0.5, 0.6) is 5.88 Å². The minimum absolute atomic E-state index is 0.110. The van der Waals surface area contributed by atoms with Crippen LogP contribution in [0, 0.1) is 0 Å². The smallest absolute Gasteiger partial charge is 0.218 e. The van der Waals surface area contributed by atoms with Gasteiger partial charge in [-0.05, 0) is 52.5 Å². The van der Waals surface area contributed by atoms with Gasteiger partial charge in [0.2, 0.25) is 17.5 Å². The summed E-state index contributed by atoms with van der Waals surface area (Å²) in [4.78, 5) is 24.2. The number of ketones is 1. The fraction of sp³-hybridized carbons (Fsp3) is 0.667. The Morgan fingerprint density at radius 1 is 1.24 bits per heavy atom. The van der Waals surface area contributed by atoms with E-state index in [0.29, 0.717) is 23.9 Å². The number of rotatable bonds is 5. The number of carbonyl (C=O) groups is 1. The van der Waals surface area contributed by atoms with E-state index in [1.807, 2.05) is 6.92 Å². The zero-order chi connectivity index (χ0) is 23.2. The van der Waals surface area contributed by atoms with Crippen molar-refractivity contribution in [3.8, 4) is 17.5 Å². The van der Waals surface area contributed by atoms with E-state index < -0.39 is 5.41 Å². The van der Waals surface area contributed by atoms with Crippen LogP contribution in [-0.4, -0.2) is 64.8 Å². The summed E-state index contributed by atoms with van der Waals surface area (Å²) >= 11 is 6.36. The second-order valence-corrected chi connectivity index (χ2v) is 10.1. The number of ether oxygens (including phenoxy) is 2. The molecule has 0 radical (unpaired) electrons. The largest absolute Gasteiger partial charge is 0.473 e. The van der Waals surface area contributed by atoms with Gasteiger partial charge in [-0.1, -0.05) is 23.2 Å². The molecule has 178 valence electrons. The molecule has 1 aliphatic heterocycles. The summed E-state index contributed by atoms with van der Waals surface area (Å²) in [7, 11) is 3.82. The molecule has 2 aromatic rings. The Morgan fingerprint density at radius 3 is 2.82 bits per heavy atom. The van der Waals surface area contributed by atoms with Crippen LogP contribution < -0.4 is 4.74 Å². The quantitative estimate of drug-likeness (QED) is 0.601. The number of nitrogens with zero attached hydrogens (tertiary/aromatic N) is 4. The average molecular weight is 475 g/mol. The summed E-state index contributed by atoms with van der Waals surface area (Å²) in [6.07, 6.45) is 6.98. The highest BCUT2D eigenvalue weighted by Crippen LogP contribution is 2.47. The molecule has 2 aliphatic carbocycles. The minimum atomic E-state index is -0.509. The number of hydrogen-bond donors (Lipinski definition) is 0. The van der Waals surface area contributed by atoms with Gasteiger partial charge in [-0.25, -0.2) is 4.98 Å². The van der Waals surface area contributed by atoms with Crippen LogP contribution in [0.4, 0.5) is 0 Å². The van der Waals surface area contributed by atoms with Gasteiger partial charge in [0.05, 0.1) is 11.5 Å². The number of likely N-dealkylation sites (N-methyl/N-ethyl adjacent to an activating group) is 1. The average Bonchev–Trinajstić information content (AvgIpc) is 3.40. The highest BCUT2D eigenvalue weighted by atomic mass is 35.5. The predicted octanol–water partition coefficient (Wildman–Crippen LogP) is 3.99. The van der Waals surface area contributed by atoms with E-state index in [-0.39, 0.29) is 29.2 Å². The Labute approximate surface area is 199 Å². The van der Waals surface area contributed by atoms with Crippen LogP contribution in [-0.2, 0) is 21.4 Å². The molecule has 3 aliphatic rings. The van der Waals surface area contributed by atoms with Crippen LogP contribution in [0.1, 0.15) is 63.1 Å². The van der Waals surface area contributed by atoms with Crippen LogP contribution in [0.25, 0.3) is 11.6 Å². The molecule has 3 heterocycles. The molecule has 2 aromatic heterocycles. The summed E-state index contributed by atoms with van der Waals surface area (Å²) in [6.45, 7) is 2.90. The van der Waals surface area contributed by atoms with Gasteiger partial charge in [-0.2, -0.15) is 4.98 Å². The highest BCUT2D eigenvalue weighted by molar-refractivity contribution is 6.29. The first-order valence-electron chi connectivity index (χ1n) is 11.9. The van der Waals surface area contributed by atoms with Gasteiger partial charge in [0, 0.05) is 37.7 Å². The molecule has 0 N–H and O–H groups in total. The zero-order valence-corrected chi connectivity index (χ0v) is 20.2. The lowest BCUT2D eigenvalue weighted by Gasteiger charge is -2.37. The Bertz CT molecular complexity index is 1040. The molecule has 4 atom stereocenters. The molecular weight excluding hydrogens is 444 g/mol. The first kappa shape index (κ1) is 22.7. The van der Waals surface area contributed by atoms with Crippen molar-refractivity contribution < 1.29 is 18.8 Å². The van der Waals surface area contributed by atoms with E-state index in [0.717, 1.165) is 62.7 Å². The van der Waals surface area contributed by atoms with Crippen molar-refractivity contribution in [2.45, 2.75) is 82.0 Å². The third kappa shape index (κ3) is 4.06. The van der Waals surface area contributed by atoms with E-state index in [2.05, 4.69) is 27.1 Å². The van der Waals surface area contributed by atoms with Crippen molar-refractivity contribution in [1.29, 1.82) is 0 Å². The third-order valence-electron chi connectivity index (χ3n) is 7.68. The van der Waals surface area contributed by atoms with Crippen LogP contribution in [0.2, 0.25) is 5.15 Å². The lowest BCUT2D eigenvalue weighted by atomic mass is 9.64. The minimum Gasteiger partial charge on any atom is -0.473 e. The number of methoxy groups -OCH3 is 1. The van der Waals surface area contributed by atoms with Crippen molar-refractivity contribution in [3.05, 3.63) is 22.5 Å². The van der Waals surface area contributed by atoms with E-state index in [9.17, 15) is 4.79 Å². The molecule has 1 saturated heterocycles. The third-order valence-corrected chi connectivity index (χ3v) is 7.88. The fourth-order valence-electron chi connectivity index (χ4n) is 5.91. The number of carbonyl (C=O) groups excluding carboxylic acids is 1. The summed E-state index contributed by atoms with van der Waals surface area (Å²) in [5.41, 5.74) is 1.22. The molecule has 5 rings (SSSR count). The molecule has 33 heavy (non-hydrogen) atoms. The first-order valence-corrected chi connectivity index (χ1v) is 12.3. The molecule has 1 spiro atoms. The molecule has 0 amide bonds. The second-order valence-electron chi connectivity index (χ2n) is 9.68. The summed E-state index contributed by atoms with van der Waals surface area (Å²) < 4.78 is 17.5. The summed E-state index contributed by atoms with van der Waals surface area (Å²) in [6, 6.07) is 1.83. The lowest BCUT2D eigenvalue weighted by molar-refractivity contribution is -0.127. The van der Waals surface area contributed by atoms with Gasteiger partial charge in [0.25, 0.3) is 0 Å². The maximum absolute atomic E-state index is 12.9. The summed E-state index contributed by atoms with van der Waals surface area (Å²) in [5, 5.41) is 4.67. The Hall–Kier alpha value is -2.03. The van der Waals surface area contributed by atoms with Crippen molar-refractivity contribution in [2.24, 2.45) is 0 Å². The maximum atomic E-state index is 12.9. The van der Waals surface area contributed by atoms with Gasteiger partial charge in [-0.3, -0.25) is 9.69 Å². The predicted molar refractivity (Wildman–Crippen MR) is 123 cm³/mol. The number of halogens is 1. The monoisotopic (exact) mass is 474 g/mol.